The van der Waals surface area contributed by atoms with Gasteiger partial charge in [-0.05, 0) is 44.9 Å². The predicted molar refractivity (Wildman–Crippen MR) is 89.5 cm³/mol. The molecule has 0 bridgehead atoms. The lowest BCUT2D eigenvalue weighted by Gasteiger charge is -2.33. The van der Waals surface area contributed by atoms with Gasteiger partial charge >= 0.3 is 0 Å². The average molecular weight is 320 g/mol. The van der Waals surface area contributed by atoms with E-state index in [4.69, 9.17) is 16.0 Å². The van der Waals surface area contributed by atoms with E-state index in [-0.39, 0.29) is 5.91 Å². The normalized spacial score (nSPS) is 16.1. The molecule has 0 aliphatic heterocycles. The summed E-state index contributed by atoms with van der Waals surface area (Å²) in [7, 11) is 0. The van der Waals surface area contributed by atoms with E-state index >= 15 is 0 Å². The number of nitrogens with zero attached hydrogens (tertiary/aromatic N) is 1. The minimum atomic E-state index is 0.0132. The van der Waals surface area contributed by atoms with Crippen LogP contribution in [0.1, 0.15) is 55.1 Å². The average Bonchev–Trinajstić information content (AvgIpc) is 2.86. The second-order valence-corrected chi connectivity index (χ2v) is 6.52. The van der Waals surface area contributed by atoms with Gasteiger partial charge in [0.2, 0.25) is 0 Å². The molecular weight excluding hydrogens is 298 g/mol. The van der Waals surface area contributed by atoms with Gasteiger partial charge in [0.25, 0.3) is 5.91 Å². The molecule has 1 aromatic heterocycles. The fraction of sp³-hybridized carbons (Fsp3) is 0.500. The lowest BCUT2D eigenvalue weighted by atomic mass is 9.94. The Kier molecular flexibility index (Phi) is 4.44. The van der Waals surface area contributed by atoms with E-state index < -0.39 is 0 Å². The van der Waals surface area contributed by atoms with Gasteiger partial charge in [0.15, 0.2) is 5.76 Å². The van der Waals surface area contributed by atoms with Crippen LogP contribution in [-0.4, -0.2) is 23.4 Å². The molecule has 1 heterocycles. The molecule has 1 aliphatic rings. The van der Waals surface area contributed by atoms with E-state index in [1.165, 1.54) is 19.3 Å². The number of hydrogen-bond acceptors (Lipinski definition) is 2. The fourth-order valence-electron chi connectivity index (χ4n) is 3.49. The predicted octanol–water partition coefficient (Wildman–Crippen LogP) is 5.19. The summed E-state index contributed by atoms with van der Waals surface area (Å²) in [5, 5.41) is 1.59. The van der Waals surface area contributed by atoms with Crippen LogP contribution in [0.25, 0.3) is 11.0 Å². The van der Waals surface area contributed by atoms with Gasteiger partial charge in [-0.2, -0.15) is 0 Å². The molecule has 118 valence electrons. The summed E-state index contributed by atoms with van der Waals surface area (Å²) in [5.74, 6) is 0.476. The zero-order valence-electron chi connectivity index (χ0n) is 13.2. The van der Waals surface area contributed by atoms with Crippen LogP contribution >= 0.6 is 11.6 Å². The first-order valence-corrected chi connectivity index (χ1v) is 8.49. The Bertz CT molecular complexity index is 686. The van der Waals surface area contributed by atoms with E-state index in [0.717, 1.165) is 35.9 Å². The topological polar surface area (TPSA) is 33.5 Å². The molecule has 0 saturated heterocycles. The van der Waals surface area contributed by atoms with Crippen molar-refractivity contribution >= 4 is 28.5 Å². The molecule has 1 aliphatic carbocycles. The van der Waals surface area contributed by atoms with Gasteiger partial charge in [-0.25, -0.2) is 0 Å². The van der Waals surface area contributed by atoms with Gasteiger partial charge in [0.1, 0.15) is 5.58 Å². The van der Waals surface area contributed by atoms with E-state index in [1.807, 2.05) is 30.9 Å². The summed E-state index contributed by atoms with van der Waals surface area (Å²) >= 11 is 6.05. The molecule has 0 spiro atoms. The molecule has 1 saturated carbocycles. The minimum Gasteiger partial charge on any atom is -0.451 e. The lowest BCUT2D eigenvalue weighted by Crippen LogP contribution is -2.41. The van der Waals surface area contributed by atoms with Crippen LogP contribution in [0.5, 0.6) is 0 Å². The molecule has 3 rings (SSSR count). The number of hydrogen-bond donors (Lipinski definition) is 0. The number of rotatable bonds is 3. The Morgan fingerprint density at radius 1 is 1.32 bits per heavy atom. The van der Waals surface area contributed by atoms with Crippen LogP contribution < -0.4 is 0 Å². The first-order valence-electron chi connectivity index (χ1n) is 8.11. The number of benzene rings is 1. The SMILES string of the molecule is CCN(C(=O)c1oc2ccc(Cl)cc2c1C)C1CCCCC1. The smallest absolute Gasteiger partial charge is 0.290 e. The third-order valence-electron chi connectivity index (χ3n) is 4.71. The van der Waals surface area contributed by atoms with Crippen molar-refractivity contribution < 1.29 is 9.21 Å². The molecule has 0 unspecified atom stereocenters. The Hall–Kier alpha value is -1.48. The molecule has 22 heavy (non-hydrogen) atoms. The van der Waals surface area contributed by atoms with Crippen molar-refractivity contribution in [1.29, 1.82) is 0 Å². The summed E-state index contributed by atoms with van der Waals surface area (Å²) < 4.78 is 5.84. The van der Waals surface area contributed by atoms with Crippen LogP contribution in [0.4, 0.5) is 0 Å². The number of carbonyl (C=O) groups excluding carboxylic acids is 1. The molecule has 1 fully saturated rings. The van der Waals surface area contributed by atoms with E-state index in [1.54, 1.807) is 6.07 Å². The van der Waals surface area contributed by atoms with Crippen molar-refractivity contribution in [1.82, 2.24) is 4.90 Å². The molecule has 3 nitrogen and oxygen atoms in total. The zero-order chi connectivity index (χ0) is 15.7. The van der Waals surface area contributed by atoms with Crippen LogP contribution in [0.15, 0.2) is 22.6 Å². The Morgan fingerprint density at radius 2 is 2.05 bits per heavy atom. The fourth-order valence-corrected chi connectivity index (χ4v) is 3.66. The Balaban J connectivity index is 1.94. The summed E-state index contributed by atoms with van der Waals surface area (Å²) in [5.41, 5.74) is 1.61. The highest BCUT2D eigenvalue weighted by Crippen LogP contribution is 2.30. The van der Waals surface area contributed by atoms with Crippen molar-refractivity contribution in [3.63, 3.8) is 0 Å². The third-order valence-corrected chi connectivity index (χ3v) is 4.94. The molecule has 2 aromatic rings. The first-order chi connectivity index (χ1) is 10.6. The molecule has 1 aromatic carbocycles. The van der Waals surface area contributed by atoms with Crippen LogP contribution in [0.3, 0.4) is 0 Å². The van der Waals surface area contributed by atoms with E-state index in [2.05, 4.69) is 0 Å². The van der Waals surface area contributed by atoms with Crippen molar-refractivity contribution in [2.45, 2.75) is 52.0 Å². The van der Waals surface area contributed by atoms with Crippen molar-refractivity contribution in [2.24, 2.45) is 0 Å². The largest absolute Gasteiger partial charge is 0.451 e. The number of furan rings is 1. The monoisotopic (exact) mass is 319 g/mol. The highest BCUT2D eigenvalue weighted by molar-refractivity contribution is 6.31. The van der Waals surface area contributed by atoms with Gasteiger partial charge in [0, 0.05) is 28.6 Å². The Labute approximate surface area is 136 Å². The van der Waals surface area contributed by atoms with E-state index in [0.29, 0.717) is 16.8 Å². The van der Waals surface area contributed by atoms with Crippen LogP contribution in [0.2, 0.25) is 5.02 Å². The third kappa shape index (κ3) is 2.74. The molecule has 1 amide bonds. The number of carbonyl (C=O) groups is 1. The van der Waals surface area contributed by atoms with Crippen molar-refractivity contribution in [2.75, 3.05) is 6.54 Å². The van der Waals surface area contributed by atoms with Gasteiger partial charge < -0.3 is 9.32 Å². The molecular formula is C18H22ClNO2. The highest BCUT2D eigenvalue weighted by Gasteiger charge is 2.28. The van der Waals surface area contributed by atoms with Crippen molar-refractivity contribution in [3.05, 3.63) is 34.5 Å². The molecule has 0 atom stereocenters. The molecule has 0 N–H and O–H groups in total. The minimum absolute atomic E-state index is 0.0132. The first kappa shape index (κ1) is 15.4. The number of aryl methyl sites for hydroxylation is 1. The standard InChI is InChI=1S/C18H22ClNO2/c1-3-20(14-7-5-4-6-8-14)18(21)17-12(2)15-11-13(19)9-10-16(15)22-17/h9-11,14H,3-8H2,1-2H3. The van der Waals surface area contributed by atoms with Gasteiger partial charge in [-0.3, -0.25) is 4.79 Å². The van der Waals surface area contributed by atoms with Gasteiger partial charge in [0.05, 0.1) is 0 Å². The maximum atomic E-state index is 12.9. The van der Waals surface area contributed by atoms with Gasteiger partial charge in [-0.15, -0.1) is 0 Å². The number of fused-ring (bicyclic) bond motifs is 1. The van der Waals surface area contributed by atoms with Crippen LogP contribution in [-0.2, 0) is 0 Å². The quantitative estimate of drug-likeness (QED) is 0.780. The second kappa shape index (κ2) is 6.33. The molecule has 0 radical (unpaired) electrons. The number of amides is 1. The molecule has 4 heteroatoms. The summed E-state index contributed by atoms with van der Waals surface area (Å²) in [6, 6.07) is 5.84. The van der Waals surface area contributed by atoms with E-state index in [9.17, 15) is 4.79 Å². The highest BCUT2D eigenvalue weighted by atomic mass is 35.5. The summed E-state index contributed by atoms with van der Waals surface area (Å²) in [4.78, 5) is 14.9. The summed E-state index contributed by atoms with van der Waals surface area (Å²) in [6.45, 7) is 4.70. The van der Waals surface area contributed by atoms with Crippen LogP contribution in [0, 0.1) is 6.92 Å². The maximum Gasteiger partial charge on any atom is 0.290 e. The Morgan fingerprint density at radius 3 is 2.73 bits per heavy atom. The number of halogens is 1. The van der Waals surface area contributed by atoms with Gasteiger partial charge in [-0.1, -0.05) is 30.9 Å². The summed E-state index contributed by atoms with van der Waals surface area (Å²) in [6.07, 6.45) is 5.91. The maximum absolute atomic E-state index is 12.9. The zero-order valence-corrected chi connectivity index (χ0v) is 13.9. The second-order valence-electron chi connectivity index (χ2n) is 6.08. The van der Waals surface area contributed by atoms with Crippen molar-refractivity contribution in [3.8, 4) is 0 Å². The lowest BCUT2D eigenvalue weighted by molar-refractivity contribution is 0.0617.